The minimum Gasteiger partial charge on any atom is -0.489 e. The quantitative estimate of drug-likeness (QED) is 0.365. The van der Waals surface area contributed by atoms with Gasteiger partial charge in [0.2, 0.25) is 5.95 Å². The molecule has 1 fully saturated rings. The first kappa shape index (κ1) is 25.1. The highest BCUT2D eigenvalue weighted by atomic mass is 16.5. The summed E-state index contributed by atoms with van der Waals surface area (Å²) in [5, 5.41) is 14.2. The van der Waals surface area contributed by atoms with Crippen LogP contribution in [0.1, 0.15) is 19.5 Å². The Labute approximate surface area is 226 Å². The molecule has 4 aromatic rings. The second kappa shape index (κ2) is 9.51. The van der Waals surface area contributed by atoms with E-state index in [1.165, 1.54) is 10.9 Å². The summed E-state index contributed by atoms with van der Waals surface area (Å²) in [6, 6.07) is 11.6. The van der Waals surface area contributed by atoms with E-state index < -0.39 is 5.60 Å². The molecule has 11 nitrogen and oxygen atoms in total. The van der Waals surface area contributed by atoms with Gasteiger partial charge in [0.25, 0.3) is 5.56 Å². The zero-order chi connectivity index (χ0) is 27.3. The van der Waals surface area contributed by atoms with Gasteiger partial charge in [-0.2, -0.15) is 4.98 Å². The summed E-state index contributed by atoms with van der Waals surface area (Å²) in [4.78, 5) is 31.8. The highest BCUT2D eigenvalue weighted by Gasteiger charge is 2.32. The van der Waals surface area contributed by atoms with Gasteiger partial charge < -0.3 is 25.0 Å². The van der Waals surface area contributed by atoms with Crippen LogP contribution in [-0.4, -0.2) is 73.7 Å². The Morgan fingerprint density at radius 2 is 2.08 bits per heavy atom. The van der Waals surface area contributed by atoms with Crippen molar-refractivity contribution in [3.05, 3.63) is 71.3 Å². The van der Waals surface area contributed by atoms with E-state index in [0.717, 1.165) is 36.8 Å². The summed E-state index contributed by atoms with van der Waals surface area (Å²) in [7, 11) is 2.14. The van der Waals surface area contributed by atoms with Gasteiger partial charge in [-0.15, -0.1) is 6.58 Å². The zero-order valence-corrected chi connectivity index (χ0v) is 22.3. The van der Waals surface area contributed by atoms with E-state index >= 15 is 0 Å². The molecule has 202 valence electrons. The average Bonchev–Trinajstić information content (AvgIpc) is 3.18. The Kier molecular flexibility index (Phi) is 6.12. The molecule has 2 aliphatic rings. The van der Waals surface area contributed by atoms with E-state index in [0.29, 0.717) is 41.1 Å². The summed E-state index contributed by atoms with van der Waals surface area (Å²) in [5.74, 6) is 1.67. The van der Waals surface area contributed by atoms with E-state index in [4.69, 9.17) is 9.72 Å². The van der Waals surface area contributed by atoms with Gasteiger partial charge >= 0.3 is 0 Å². The van der Waals surface area contributed by atoms with E-state index in [-0.39, 0.29) is 12.1 Å². The molecule has 2 N–H and O–H groups in total. The monoisotopic (exact) mass is 528 g/mol. The molecule has 1 atom stereocenters. The van der Waals surface area contributed by atoms with Gasteiger partial charge in [0, 0.05) is 31.5 Å². The number of hydrogen-bond donors (Lipinski definition) is 2. The number of piperazine rings is 1. The first-order chi connectivity index (χ1) is 18.7. The molecule has 1 saturated heterocycles. The van der Waals surface area contributed by atoms with Crippen LogP contribution in [0.15, 0.2) is 60.0 Å². The Bertz CT molecular complexity index is 1620. The lowest BCUT2D eigenvalue weighted by Crippen LogP contribution is -2.56. The second-order valence-electron chi connectivity index (χ2n) is 10.6. The van der Waals surface area contributed by atoms with E-state index in [9.17, 15) is 9.90 Å². The number of hydrogen-bond acceptors (Lipinski definition) is 9. The molecule has 0 spiro atoms. The SMILES string of the molecule is C=CCn1c(=O)c2cnc(Nc3ccc4c(c3)N3CCN(C)CC3CO4)nc2n1-c1cccc(C(C)(C)O)n1. The van der Waals surface area contributed by atoms with Gasteiger partial charge in [-0.25, -0.2) is 19.3 Å². The van der Waals surface area contributed by atoms with Crippen molar-refractivity contribution in [2.24, 2.45) is 0 Å². The summed E-state index contributed by atoms with van der Waals surface area (Å²) in [6.45, 7) is 11.0. The number of ether oxygens (including phenoxy) is 1. The van der Waals surface area contributed by atoms with Crippen LogP contribution in [0.5, 0.6) is 5.75 Å². The molecule has 0 amide bonds. The number of rotatable bonds is 6. The molecular weight excluding hydrogens is 496 g/mol. The molecule has 0 radical (unpaired) electrons. The predicted octanol–water partition coefficient (Wildman–Crippen LogP) is 2.65. The zero-order valence-electron chi connectivity index (χ0n) is 22.3. The third-order valence-electron chi connectivity index (χ3n) is 7.20. The van der Waals surface area contributed by atoms with E-state index in [1.54, 1.807) is 42.8 Å². The summed E-state index contributed by atoms with van der Waals surface area (Å²) in [6.07, 6.45) is 3.17. The number of fused-ring (bicyclic) bond motifs is 4. The first-order valence-corrected chi connectivity index (χ1v) is 13.0. The summed E-state index contributed by atoms with van der Waals surface area (Å²) in [5.41, 5.74) is 1.35. The third kappa shape index (κ3) is 4.53. The highest BCUT2D eigenvalue weighted by molar-refractivity contribution is 5.77. The first-order valence-electron chi connectivity index (χ1n) is 13.0. The molecule has 1 aromatic carbocycles. The van der Waals surface area contributed by atoms with Crippen LogP contribution in [-0.2, 0) is 12.1 Å². The lowest BCUT2D eigenvalue weighted by molar-refractivity contribution is 0.0738. The number of allylic oxidation sites excluding steroid dienone is 1. The lowest BCUT2D eigenvalue weighted by atomic mass is 10.1. The standard InChI is InChI=1S/C28H32N8O3/c1-5-11-35-26(37)20-15-29-27(32-25(20)36(35)24-8-6-7-23(31-24)28(2,3)38)30-18-9-10-22-21(14-18)34-13-12-33(4)16-19(34)17-39-22/h5-10,14-15,19,38H,1,11-13,16-17H2,2-4H3,(H,29,30,32). The Morgan fingerprint density at radius 1 is 1.23 bits per heavy atom. The van der Waals surface area contributed by atoms with E-state index in [1.807, 2.05) is 12.1 Å². The van der Waals surface area contributed by atoms with Crippen molar-refractivity contribution in [2.45, 2.75) is 32.0 Å². The van der Waals surface area contributed by atoms with Crippen LogP contribution in [0.25, 0.3) is 16.9 Å². The number of benzene rings is 1. The fourth-order valence-electron chi connectivity index (χ4n) is 5.22. The van der Waals surface area contributed by atoms with Crippen molar-refractivity contribution in [2.75, 3.05) is 43.5 Å². The number of pyridine rings is 1. The Balaban J connectivity index is 1.40. The summed E-state index contributed by atoms with van der Waals surface area (Å²) < 4.78 is 9.20. The van der Waals surface area contributed by atoms with Gasteiger partial charge in [0.15, 0.2) is 11.5 Å². The molecule has 2 aliphatic heterocycles. The van der Waals surface area contributed by atoms with E-state index in [2.05, 4.69) is 44.8 Å². The van der Waals surface area contributed by atoms with Gasteiger partial charge in [-0.1, -0.05) is 12.1 Å². The highest BCUT2D eigenvalue weighted by Crippen LogP contribution is 2.37. The number of aliphatic hydroxyl groups is 1. The smallest absolute Gasteiger partial charge is 0.278 e. The molecule has 0 bridgehead atoms. The third-order valence-corrected chi connectivity index (χ3v) is 7.20. The van der Waals surface area contributed by atoms with Crippen LogP contribution >= 0.6 is 0 Å². The number of likely N-dealkylation sites (N-methyl/N-ethyl adjacent to an activating group) is 1. The van der Waals surface area contributed by atoms with Gasteiger partial charge in [-0.05, 0) is 51.2 Å². The fourth-order valence-corrected chi connectivity index (χ4v) is 5.22. The van der Waals surface area contributed by atoms with Gasteiger partial charge in [-0.3, -0.25) is 4.79 Å². The minimum absolute atomic E-state index is 0.251. The minimum atomic E-state index is -1.15. The molecule has 1 unspecified atom stereocenters. The average molecular weight is 529 g/mol. The molecule has 0 saturated carbocycles. The van der Waals surface area contributed by atoms with Crippen LogP contribution in [0, 0.1) is 0 Å². The van der Waals surface area contributed by atoms with Crippen molar-refractivity contribution in [1.82, 2.24) is 29.2 Å². The van der Waals surface area contributed by atoms with Crippen molar-refractivity contribution in [3.8, 4) is 11.6 Å². The molecule has 6 rings (SSSR count). The fraction of sp³-hybridized carbons (Fsp3) is 0.357. The van der Waals surface area contributed by atoms with Crippen molar-refractivity contribution >= 4 is 28.4 Å². The molecule has 39 heavy (non-hydrogen) atoms. The van der Waals surface area contributed by atoms with Crippen molar-refractivity contribution < 1.29 is 9.84 Å². The molecule has 11 heteroatoms. The largest absolute Gasteiger partial charge is 0.489 e. The lowest BCUT2D eigenvalue weighted by Gasteiger charge is -2.44. The van der Waals surface area contributed by atoms with Gasteiger partial charge in [0.05, 0.1) is 24.0 Å². The molecular formula is C28H32N8O3. The second-order valence-corrected chi connectivity index (χ2v) is 10.6. The summed E-state index contributed by atoms with van der Waals surface area (Å²) >= 11 is 0. The maximum Gasteiger partial charge on any atom is 0.278 e. The molecule has 5 heterocycles. The Morgan fingerprint density at radius 3 is 2.87 bits per heavy atom. The normalized spacial score (nSPS) is 17.4. The molecule has 3 aromatic heterocycles. The van der Waals surface area contributed by atoms with Crippen LogP contribution in [0.3, 0.4) is 0 Å². The van der Waals surface area contributed by atoms with Crippen LogP contribution < -0.4 is 20.5 Å². The Hall–Kier alpha value is -4.22. The predicted molar refractivity (Wildman–Crippen MR) is 150 cm³/mol. The van der Waals surface area contributed by atoms with Crippen molar-refractivity contribution in [1.29, 1.82) is 0 Å². The maximum atomic E-state index is 13.3. The topological polar surface area (TPSA) is 114 Å². The number of nitrogens with one attached hydrogen (secondary N) is 1. The van der Waals surface area contributed by atoms with Crippen LogP contribution in [0.4, 0.5) is 17.3 Å². The van der Waals surface area contributed by atoms with Crippen LogP contribution in [0.2, 0.25) is 0 Å². The maximum absolute atomic E-state index is 13.3. The van der Waals surface area contributed by atoms with Crippen molar-refractivity contribution in [3.63, 3.8) is 0 Å². The van der Waals surface area contributed by atoms with Gasteiger partial charge in [0.1, 0.15) is 23.3 Å². The number of anilines is 3. The molecule has 0 aliphatic carbocycles. The number of aromatic nitrogens is 5. The number of nitrogens with zero attached hydrogens (tertiary/aromatic N) is 7.